The number of rotatable bonds is 0. The first-order valence-electron chi connectivity index (χ1n) is 5.01. The summed E-state index contributed by atoms with van der Waals surface area (Å²) in [5.41, 5.74) is 2.98. The Balaban J connectivity index is 2.58. The van der Waals surface area contributed by atoms with Crippen molar-refractivity contribution in [2.24, 2.45) is 0 Å². The molecule has 14 heavy (non-hydrogen) atoms. The summed E-state index contributed by atoms with van der Waals surface area (Å²) in [7, 11) is 0. The Morgan fingerprint density at radius 3 is 2.71 bits per heavy atom. The molecule has 0 fully saturated rings. The minimum Gasteiger partial charge on any atom is -0.294 e. The molecule has 0 saturated carbocycles. The molecule has 0 amide bonds. The second-order valence-electron chi connectivity index (χ2n) is 3.85. The van der Waals surface area contributed by atoms with Crippen LogP contribution in [0.2, 0.25) is 5.02 Å². The predicted octanol–water partition coefficient (Wildman–Crippen LogP) is 3.56. The van der Waals surface area contributed by atoms with Crippen LogP contribution in [0.25, 0.3) is 0 Å². The summed E-state index contributed by atoms with van der Waals surface area (Å²) in [6, 6.07) is 3.86. The van der Waals surface area contributed by atoms with Gasteiger partial charge in [-0.2, -0.15) is 0 Å². The van der Waals surface area contributed by atoms with Gasteiger partial charge in [0.05, 0.1) is 0 Å². The largest absolute Gasteiger partial charge is 0.294 e. The van der Waals surface area contributed by atoms with Crippen LogP contribution in [-0.2, 0) is 6.42 Å². The van der Waals surface area contributed by atoms with Crippen molar-refractivity contribution in [1.82, 2.24) is 0 Å². The van der Waals surface area contributed by atoms with Crippen LogP contribution in [0.15, 0.2) is 12.1 Å². The number of Topliss-reactive ketones (excluding diaryl/α,β-unsaturated/α-hetero) is 1. The number of ketones is 1. The molecule has 0 aliphatic heterocycles. The molecule has 0 atom stereocenters. The fourth-order valence-electron chi connectivity index (χ4n) is 1.97. The van der Waals surface area contributed by atoms with E-state index in [9.17, 15) is 4.79 Å². The van der Waals surface area contributed by atoms with E-state index in [4.69, 9.17) is 11.6 Å². The van der Waals surface area contributed by atoms with Crippen molar-refractivity contribution in [3.63, 3.8) is 0 Å². The van der Waals surface area contributed by atoms with Crippen molar-refractivity contribution < 1.29 is 4.79 Å². The molecule has 0 bridgehead atoms. The molecule has 74 valence electrons. The topological polar surface area (TPSA) is 17.1 Å². The number of hydrogen-bond donors (Lipinski definition) is 0. The molecule has 0 spiro atoms. The number of aryl methyl sites for hydroxylation is 1. The van der Waals surface area contributed by atoms with Crippen molar-refractivity contribution >= 4 is 17.4 Å². The van der Waals surface area contributed by atoms with Gasteiger partial charge in [-0.25, -0.2) is 0 Å². The van der Waals surface area contributed by atoms with Crippen LogP contribution in [0.1, 0.15) is 40.7 Å². The summed E-state index contributed by atoms with van der Waals surface area (Å²) in [6.45, 7) is 1.98. The zero-order valence-corrected chi connectivity index (χ0v) is 9.03. The van der Waals surface area contributed by atoms with Gasteiger partial charge in [0.2, 0.25) is 0 Å². The maximum atomic E-state index is 11.7. The smallest absolute Gasteiger partial charge is 0.163 e. The highest BCUT2D eigenvalue weighted by Crippen LogP contribution is 2.29. The quantitative estimate of drug-likeness (QED) is 0.596. The molecule has 1 aliphatic rings. The fraction of sp³-hybridized carbons (Fsp3) is 0.417. The van der Waals surface area contributed by atoms with Gasteiger partial charge in [0.1, 0.15) is 0 Å². The lowest BCUT2D eigenvalue weighted by atomic mass is 10.00. The Kier molecular flexibility index (Phi) is 2.60. The number of halogens is 1. The van der Waals surface area contributed by atoms with Gasteiger partial charge < -0.3 is 0 Å². The Morgan fingerprint density at radius 1 is 1.21 bits per heavy atom. The van der Waals surface area contributed by atoms with Gasteiger partial charge in [-0.05, 0) is 37.3 Å². The van der Waals surface area contributed by atoms with Gasteiger partial charge in [-0.1, -0.05) is 23.7 Å². The van der Waals surface area contributed by atoms with E-state index in [1.165, 1.54) is 0 Å². The normalized spacial score (nSPS) is 16.3. The van der Waals surface area contributed by atoms with Crippen molar-refractivity contribution in [3.05, 3.63) is 33.8 Å². The molecule has 1 aliphatic carbocycles. The Bertz CT molecular complexity index is 382. The highest BCUT2D eigenvalue weighted by Gasteiger charge is 2.18. The maximum Gasteiger partial charge on any atom is 0.163 e. The summed E-state index contributed by atoms with van der Waals surface area (Å²) in [5, 5.41) is 0.790. The van der Waals surface area contributed by atoms with Crippen LogP contribution in [0.4, 0.5) is 0 Å². The van der Waals surface area contributed by atoms with Gasteiger partial charge in [-0.3, -0.25) is 4.79 Å². The van der Waals surface area contributed by atoms with Gasteiger partial charge >= 0.3 is 0 Å². The molecule has 1 aromatic rings. The molecule has 0 unspecified atom stereocenters. The predicted molar refractivity (Wildman–Crippen MR) is 58.1 cm³/mol. The molecular weight excluding hydrogens is 196 g/mol. The summed E-state index contributed by atoms with van der Waals surface area (Å²) in [5.74, 6) is 0.249. The van der Waals surface area contributed by atoms with E-state index in [2.05, 4.69) is 0 Å². The molecule has 2 heteroatoms. The van der Waals surface area contributed by atoms with E-state index < -0.39 is 0 Å². The highest BCUT2D eigenvalue weighted by molar-refractivity contribution is 6.32. The molecule has 0 saturated heterocycles. The van der Waals surface area contributed by atoms with Crippen LogP contribution in [0.3, 0.4) is 0 Å². The van der Waals surface area contributed by atoms with Crippen LogP contribution < -0.4 is 0 Å². The maximum absolute atomic E-state index is 11.7. The fourth-order valence-corrected chi connectivity index (χ4v) is 2.23. The van der Waals surface area contributed by atoms with Crippen LogP contribution in [0, 0.1) is 6.92 Å². The molecular formula is C12H13ClO. The summed E-state index contributed by atoms with van der Waals surface area (Å²) in [6.07, 6.45) is 3.68. The first-order chi connectivity index (χ1) is 6.70. The van der Waals surface area contributed by atoms with Crippen molar-refractivity contribution in [1.29, 1.82) is 0 Å². The van der Waals surface area contributed by atoms with E-state index in [1.807, 2.05) is 19.1 Å². The number of carbonyl (C=O) groups excluding carboxylic acids is 1. The Hall–Kier alpha value is -0.820. The van der Waals surface area contributed by atoms with E-state index in [0.29, 0.717) is 6.42 Å². The first kappa shape index (κ1) is 9.72. The lowest BCUT2D eigenvalue weighted by molar-refractivity contribution is 0.0982. The Labute approximate surface area is 89.1 Å². The third-order valence-corrected chi connectivity index (χ3v) is 3.34. The molecule has 1 nitrogen and oxygen atoms in total. The lowest BCUT2D eigenvalue weighted by Gasteiger charge is -2.08. The third kappa shape index (κ3) is 1.57. The molecule has 0 N–H and O–H groups in total. The number of hydrogen-bond acceptors (Lipinski definition) is 1. The van der Waals surface area contributed by atoms with E-state index in [1.54, 1.807) is 0 Å². The minimum absolute atomic E-state index is 0.249. The van der Waals surface area contributed by atoms with Gasteiger partial charge in [-0.15, -0.1) is 0 Å². The molecule has 0 aromatic heterocycles. The summed E-state index contributed by atoms with van der Waals surface area (Å²) in [4.78, 5) is 11.7. The van der Waals surface area contributed by atoms with E-state index in [-0.39, 0.29) is 5.78 Å². The van der Waals surface area contributed by atoms with Gasteiger partial charge in [0.25, 0.3) is 0 Å². The average molecular weight is 209 g/mol. The minimum atomic E-state index is 0.249. The van der Waals surface area contributed by atoms with Crippen molar-refractivity contribution in [2.45, 2.75) is 32.6 Å². The molecule has 2 rings (SSSR count). The monoisotopic (exact) mass is 208 g/mol. The molecule has 0 radical (unpaired) electrons. The number of benzene rings is 1. The van der Waals surface area contributed by atoms with E-state index in [0.717, 1.165) is 41.0 Å². The highest BCUT2D eigenvalue weighted by atomic mass is 35.5. The average Bonchev–Trinajstić information content (AvgIpc) is 2.35. The zero-order chi connectivity index (χ0) is 10.1. The Morgan fingerprint density at radius 2 is 1.93 bits per heavy atom. The third-order valence-electron chi connectivity index (χ3n) is 2.82. The number of fused-ring (bicyclic) bond motifs is 1. The van der Waals surface area contributed by atoms with Crippen LogP contribution in [-0.4, -0.2) is 5.78 Å². The van der Waals surface area contributed by atoms with Gasteiger partial charge in [0.15, 0.2) is 5.78 Å². The standard InChI is InChI=1S/C12H13ClO/c1-8-6-7-9-10(12(8)13)4-2-3-5-11(9)14/h6-7H,2-5H2,1H3. The molecule has 0 heterocycles. The second-order valence-corrected chi connectivity index (χ2v) is 4.23. The first-order valence-corrected chi connectivity index (χ1v) is 5.39. The number of carbonyl (C=O) groups is 1. The van der Waals surface area contributed by atoms with Crippen molar-refractivity contribution in [3.8, 4) is 0 Å². The molecule has 1 aromatic carbocycles. The van der Waals surface area contributed by atoms with Gasteiger partial charge in [0, 0.05) is 17.0 Å². The summed E-state index contributed by atoms with van der Waals surface area (Å²) >= 11 is 6.20. The zero-order valence-electron chi connectivity index (χ0n) is 8.27. The van der Waals surface area contributed by atoms with Crippen molar-refractivity contribution in [2.75, 3.05) is 0 Å². The second kappa shape index (κ2) is 3.74. The van der Waals surface area contributed by atoms with Crippen LogP contribution in [0.5, 0.6) is 0 Å². The van der Waals surface area contributed by atoms with Crippen LogP contribution >= 0.6 is 11.6 Å². The van der Waals surface area contributed by atoms with E-state index >= 15 is 0 Å². The summed E-state index contributed by atoms with van der Waals surface area (Å²) < 4.78 is 0. The lowest BCUT2D eigenvalue weighted by Crippen LogP contribution is -2.01. The SMILES string of the molecule is Cc1ccc2c(c1Cl)CCCCC2=O.